The van der Waals surface area contributed by atoms with Gasteiger partial charge < -0.3 is 10.1 Å². The molecule has 0 aliphatic rings. The van der Waals surface area contributed by atoms with Crippen LogP contribution in [0, 0.1) is 0 Å². The van der Waals surface area contributed by atoms with E-state index in [1.165, 1.54) is 12.1 Å². The Morgan fingerprint density at radius 3 is 2.47 bits per heavy atom. The molecule has 0 saturated carbocycles. The number of hydrogen-bond donors (Lipinski definition) is 1. The van der Waals surface area contributed by atoms with E-state index < -0.39 is 6.09 Å². The third kappa shape index (κ3) is 3.45. The van der Waals surface area contributed by atoms with Crippen molar-refractivity contribution in [1.82, 2.24) is 5.32 Å². The van der Waals surface area contributed by atoms with Crippen LogP contribution in [-0.2, 0) is 0 Å². The van der Waals surface area contributed by atoms with E-state index >= 15 is 0 Å². The molecule has 0 radical (unpaired) electrons. The van der Waals surface area contributed by atoms with E-state index in [1.54, 1.807) is 6.92 Å². The van der Waals surface area contributed by atoms with Crippen LogP contribution < -0.4 is 10.1 Å². The quantitative estimate of drug-likeness (QED) is 0.830. The first-order valence-corrected chi connectivity index (χ1v) is 5.28. The minimum Gasteiger partial charge on any atom is -0.409 e. The van der Waals surface area contributed by atoms with Gasteiger partial charge in [-0.1, -0.05) is 34.8 Å². The average Bonchev–Trinajstić information content (AvgIpc) is 2.14. The van der Waals surface area contributed by atoms with E-state index in [2.05, 4.69) is 5.32 Å². The molecule has 0 aliphatic carbocycles. The molecular weight excluding hydrogens is 260 g/mol. The zero-order chi connectivity index (χ0) is 11.4. The van der Waals surface area contributed by atoms with Gasteiger partial charge in [0, 0.05) is 12.6 Å². The summed E-state index contributed by atoms with van der Waals surface area (Å²) in [7, 11) is 0. The maximum atomic E-state index is 11.1. The van der Waals surface area contributed by atoms with E-state index in [9.17, 15) is 4.79 Å². The van der Waals surface area contributed by atoms with Crippen molar-refractivity contribution in [3.63, 3.8) is 0 Å². The summed E-state index contributed by atoms with van der Waals surface area (Å²) in [6.45, 7) is 2.25. The second-order valence-electron chi connectivity index (χ2n) is 2.62. The third-order valence-electron chi connectivity index (χ3n) is 1.50. The van der Waals surface area contributed by atoms with Gasteiger partial charge in [0.05, 0.1) is 15.1 Å². The fourth-order valence-corrected chi connectivity index (χ4v) is 1.44. The lowest BCUT2D eigenvalue weighted by Crippen LogP contribution is -2.26. The summed E-state index contributed by atoms with van der Waals surface area (Å²) in [6.07, 6.45) is -0.585. The molecule has 3 nitrogen and oxygen atoms in total. The molecular formula is C9H8Cl3NO2. The number of ether oxygens (including phenoxy) is 1. The highest BCUT2D eigenvalue weighted by molar-refractivity contribution is 6.43. The summed E-state index contributed by atoms with van der Waals surface area (Å²) in [4.78, 5) is 11.1. The van der Waals surface area contributed by atoms with Gasteiger partial charge in [-0.15, -0.1) is 0 Å². The highest BCUT2D eigenvalue weighted by atomic mass is 35.5. The molecule has 0 atom stereocenters. The monoisotopic (exact) mass is 267 g/mol. The number of hydrogen-bond acceptors (Lipinski definition) is 2. The topological polar surface area (TPSA) is 38.3 Å². The van der Waals surface area contributed by atoms with Crippen molar-refractivity contribution in [1.29, 1.82) is 0 Å². The molecule has 0 aliphatic heterocycles. The Labute approximate surface area is 102 Å². The van der Waals surface area contributed by atoms with Crippen molar-refractivity contribution in [3.8, 4) is 5.75 Å². The van der Waals surface area contributed by atoms with Crippen molar-refractivity contribution in [2.75, 3.05) is 6.54 Å². The molecule has 0 spiro atoms. The van der Waals surface area contributed by atoms with Crippen LogP contribution in [0.25, 0.3) is 0 Å². The van der Waals surface area contributed by atoms with Crippen molar-refractivity contribution >= 4 is 40.9 Å². The second kappa shape index (κ2) is 5.45. The predicted molar refractivity (Wildman–Crippen MR) is 61.2 cm³/mol. The fourth-order valence-electron chi connectivity index (χ4n) is 0.863. The van der Waals surface area contributed by atoms with Crippen molar-refractivity contribution in [2.24, 2.45) is 0 Å². The van der Waals surface area contributed by atoms with Gasteiger partial charge >= 0.3 is 6.09 Å². The molecule has 0 saturated heterocycles. The van der Waals surface area contributed by atoms with E-state index in [0.717, 1.165) is 0 Å². The van der Waals surface area contributed by atoms with Gasteiger partial charge in [0.2, 0.25) is 0 Å². The van der Waals surface area contributed by atoms with E-state index in [-0.39, 0.29) is 15.8 Å². The highest BCUT2D eigenvalue weighted by Crippen LogP contribution is 2.33. The molecule has 0 unspecified atom stereocenters. The minimum absolute atomic E-state index is 0.178. The predicted octanol–water partition coefficient (Wildman–Crippen LogP) is 3.76. The summed E-state index contributed by atoms with van der Waals surface area (Å²) in [5.41, 5.74) is 0. The SMILES string of the molecule is CCNC(=O)Oc1cc(Cl)c(Cl)cc1Cl. The lowest BCUT2D eigenvalue weighted by molar-refractivity contribution is 0.201. The average molecular weight is 269 g/mol. The Kier molecular flexibility index (Phi) is 4.51. The number of carbonyl (C=O) groups is 1. The number of nitrogens with one attached hydrogen (secondary N) is 1. The van der Waals surface area contributed by atoms with Crippen molar-refractivity contribution < 1.29 is 9.53 Å². The molecule has 1 aromatic rings. The number of amides is 1. The van der Waals surface area contributed by atoms with Crippen LogP contribution in [-0.4, -0.2) is 12.6 Å². The Hall–Kier alpha value is -0.640. The molecule has 0 bridgehead atoms. The first-order valence-electron chi connectivity index (χ1n) is 4.14. The lowest BCUT2D eigenvalue weighted by Gasteiger charge is -2.07. The van der Waals surface area contributed by atoms with Gasteiger partial charge in [-0.3, -0.25) is 0 Å². The summed E-state index contributed by atoms with van der Waals surface area (Å²) in [5, 5.41) is 3.28. The lowest BCUT2D eigenvalue weighted by atomic mass is 10.3. The summed E-state index contributed by atoms with van der Waals surface area (Å²) in [5.74, 6) is 0.178. The Balaban J connectivity index is 2.86. The van der Waals surface area contributed by atoms with Crippen molar-refractivity contribution in [2.45, 2.75) is 6.92 Å². The Morgan fingerprint density at radius 1 is 1.27 bits per heavy atom. The van der Waals surface area contributed by atoms with Crippen LogP contribution in [0.1, 0.15) is 6.92 Å². The van der Waals surface area contributed by atoms with Gasteiger partial charge in [-0.25, -0.2) is 4.79 Å². The van der Waals surface area contributed by atoms with Gasteiger partial charge in [-0.05, 0) is 13.0 Å². The van der Waals surface area contributed by atoms with Gasteiger partial charge in [0.15, 0.2) is 5.75 Å². The van der Waals surface area contributed by atoms with Gasteiger partial charge in [0.1, 0.15) is 0 Å². The molecule has 1 aromatic carbocycles. The molecule has 6 heteroatoms. The van der Waals surface area contributed by atoms with Gasteiger partial charge in [-0.2, -0.15) is 0 Å². The molecule has 1 rings (SSSR count). The van der Waals surface area contributed by atoms with E-state index in [1.807, 2.05) is 0 Å². The van der Waals surface area contributed by atoms with Crippen LogP contribution in [0.4, 0.5) is 4.79 Å². The zero-order valence-electron chi connectivity index (χ0n) is 7.81. The first-order chi connectivity index (χ1) is 7.04. The maximum absolute atomic E-state index is 11.1. The number of rotatable bonds is 2. The molecule has 15 heavy (non-hydrogen) atoms. The normalized spacial score (nSPS) is 9.87. The Morgan fingerprint density at radius 2 is 1.87 bits per heavy atom. The largest absolute Gasteiger partial charge is 0.412 e. The third-order valence-corrected chi connectivity index (χ3v) is 2.52. The number of benzene rings is 1. The standard InChI is InChI=1S/C9H8Cl3NO2/c1-2-13-9(14)15-8-4-6(11)5(10)3-7(8)12/h3-4H,2H2,1H3,(H,13,14). The number of halogens is 3. The molecule has 0 heterocycles. The van der Waals surface area contributed by atoms with Crippen LogP contribution in [0.2, 0.25) is 15.1 Å². The molecule has 1 amide bonds. The first kappa shape index (κ1) is 12.4. The highest BCUT2D eigenvalue weighted by Gasteiger charge is 2.10. The number of carbonyl (C=O) groups excluding carboxylic acids is 1. The molecule has 0 fully saturated rings. The van der Waals surface area contributed by atoms with E-state index in [0.29, 0.717) is 11.6 Å². The Bertz CT molecular complexity index is 382. The molecule has 0 aromatic heterocycles. The van der Waals surface area contributed by atoms with Crippen LogP contribution in [0.5, 0.6) is 5.75 Å². The maximum Gasteiger partial charge on any atom is 0.412 e. The molecule has 1 N–H and O–H groups in total. The van der Waals surface area contributed by atoms with Crippen LogP contribution in [0.3, 0.4) is 0 Å². The second-order valence-corrected chi connectivity index (χ2v) is 3.84. The van der Waals surface area contributed by atoms with Crippen LogP contribution >= 0.6 is 34.8 Å². The van der Waals surface area contributed by atoms with E-state index in [4.69, 9.17) is 39.5 Å². The zero-order valence-corrected chi connectivity index (χ0v) is 10.1. The van der Waals surface area contributed by atoms with Crippen LogP contribution in [0.15, 0.2) is 12.1 Å². The smallest absolute Gasteiger partial charge is 0.409 e. The fraction of sp³-hybridized carbons (Fsp3) is 0.222. The summed E-state index contributed by atoms with van der Waals surface area (Å²) >= 11 is 17.3. The minimum atomic E-state index is -0.585. The molecule has 82 valence electrons. The summed E-state index contributed by atoms with van der Waals surface area (Å²) < 4.78 is 4.90. The van der Waals surface area contributed by atoms with Crippen molar-refractivity contribution in [3.05, 3.63) is 27.2 Å². The van der Waals surface area contributed by atoms with Gasteiger partial charge in [0.25, 0.3) is 0 Å². The summed E-state index contributed by atoms with van der Waals surface area (Å²) in [6, 6.07) is 2.81.